The molecule has 0 radical (unpaired) electrons. The van der Waals surface area contributed by atoms with Crippen LogP contribution in [0.4, 0.5) is 0 Å². The van der Waals surface area contributed by atoms with Crippen LogP contribution in [0.2, 0.25) is 0 Å². The van der Waals surface area contributed by atoms with E-state index in [4.69, 9.17) is 0 Å². The van der Waals surface area contributed by atoms with Gasteiger partial charge in [0.15, 0.2) is 5.78 Å². The molecule has 0 bridgehead atoms. The van der Waals surface area contributed by atoms with Crippen LogP contribution in [0, 0.1) is 40.5 Å². The first-order chi connectivity index (χ1) is 9.43. The van der Waals surface area contributed by atoms with Crippen LogP contribution in [-0.2, 0) is 0 Å². The molecule has 0 amide bonds. The van der Waals surface area contributed by atoms with Crippen molar-refractivity contribution in [3.8, 4) is 0 Å². The SMILES string of the molecule is Cc1c(C)c(C)c(C(=O)CC2CCCCC2)c(C)c1C. The summed E-state index contributed by atoms with van der Waals surface area (Å²) < 4.78 is 0. The number of carbonyl (C=O) groups excluding carboxylic acids is 1. The van der Waals surface area contributed by atoms with Gasteiger partial charge in [-0.25, -0.2) is 0 Å². The smallest absolute Gasteiger partial charge is 0.163 e. The Labute approximate surface area is 123 Å². The number of rotatable bonds is 3. The fourth-order valence-corrected chi connectivity index (χ4v) is 3.67. The Balaban J connectivity index is 2.30. The molecule has 1 fully saturated rings. The lowest BCUT2D eigenvalue weighted by molar-refractivity contribution is 0.0949. The van der Waals surface area contributed by atoms with Crippen molar-refractivity contribution in [3.05, 3.63) is 33.4 Å². The summed E-state index contributed by atoms with van der Waals surface area (Å²) in [5.41, 5.74) is 7.34. The number of ketones is 1. The lowest BCUT2D eigenvalue weighted by atomic mass is 9.81. The second-order valence-corrected chi connectivity index (χ2v) is 6.63. The maximum absolute atomic E-state index is 12.8. The molecule has 1 aromatic carbocycles. The van der Waals surface area contributed by atoms with Gasteiger partial charge >= 0.3 is 0 Å². The first-order valence-electron chi connectivity index (χ1n) is 8.03. The van der Waals surface area contributed by atoms with Crippen LogP contribution in [0.25, 0.3) is 0 Å². The summed E-state index contributed by atoms with van der Waals surface area (Å²) in [4.78, 5) is 12.8. The van der Waals surface area contributed by atoms with E-state index in [1.165, 1.54) is 59.9 Å². The molecule has 0 aromatic heterocycles. The Bertz CT molecular complexity index is 490. The van der Waals surface area contributed by atoms with Gasteiger partial charge in [-0.1, -0.05) is 32.1 Å². The fraction of sp³-hybridized carbons (Fsp3) is 0.632. The van der Waals surface area contributed by atoms with Gasteiger partial charge in [0.1, 0.15) is 0 Å². The lowest BCUT2D eigenvalue weighted by Crippen LogP contribution is -2.15. The number of hydrogen-bond acceptors (Lipinski definition) is 1. The fourth-order valence-electron chi connectivity index (χ4n) is 3.67. The van der Waals surface area contributed by atoms with Crippen molar-refractivity contribution < 1.29 is 4.79 Å². The normalized spacial score (nSPS) is 16.4. The highest BCUT2D eigenvalue weighted by Gasteiger charge is 2.22. The van der Waals surface area contributed by atoms with E-state index >= 15 is 0 Å². The zero-order valence-electron chi connectivity index (χ0n) is 13.7. The quantitative estimate of drug-likeness (QED) is 0.675. The third kappa shape index (κ3) is 2.82. The minimum absolute atomic E-state index is 0.373. The summed E-state index contributed by atoms with van der Waals surface area (Å²) in [6.07, 6.45) is 7.21. The zero-order valence-corrected chi connectivity index (χ0v) is 13.7. The Morgan fingerprint density at radius 1 is 0.800 bits per heavy atom. The Morgan fingerprint density at radius 3 is 1.75 bits per heavy atom. The van der Waals surface area contributed by atoms with Gasteiger partial charge in [0.25, 0.3) is 0 Å². The molecule has 0 N–H and O–H groups in total. The van der Waals surface area contributed by atoms with Crippen LogP contribution < -0.4 is 0 Å². The van der Waals surface area contributed by atoms with Gasteiger partial charge in [-0.05, 0) is 68.4 Å². The number of benzene rings is 1. The van der Waals surface area contributed by atoms with Crippen LogP contribution in [0.5, 0.6) is 0 Å². The van der Waals surface area contributed by atoms with Crippen molar-refractivity contribution >= 4 is 5.78 Å². The molecule has 1 aliphatic carbocycles. The standard InChI is InChI=1S/C19H28O/c1-12-13(2)15(4)19(16(5)14(12)3)18(20)11-17-9-7-6-8-10-17/h17H,6-11H2,1-5H3. The molecular formula is C19H28O. The summed E-state index contributed by atoms with van der Waals surface area (Å²) in [7, 11) is 0. The molecule has 0 aliphatic heterocycles. The van der Waals surface area contributed by atoms with E-state index in [9.17, 15) is 4.79 Å². The molecule has 0 atom stereocenters. The predicted octanol–water partition coefficient (Wildman–Crippen LogP) is 5.38. The molecule has 1 nitrogen and oxygen atoms in total. The summed E-state index contributed by atoms with van der Waals surface area (Å²) >= 11 is 0. The third-order valence-corrected chi connectivity index (χ3v) is 5.48. The second kappa shape index (κ2) is 6.11. The van der Waals surface area contributed by atoms with Crippen LogP contribution in [0.1, 0.15) is 76.7 Å². The average Bonchev–Trinajstić information content (AvgIpc) is 2.44. The Morgan fingerprint density at radius 2 is 1.25 bits per heavy atom. The van der Waals surface area contributed by atoms with Crippen LogP contribution >= 0.6 is 0 Å². The molecule has 0 heterocycles. The highest BCUT2D eigenvalue weighted by molar-refractivity contribution is 5.99. The monoisotopic (exact) mass is 272 g/mol. The van der Waals surface area contributed by atoms with Crippen molar-refractivity contribution in [1.29, 1.82) is 0 Å². The van der Waals surface area contributed by atoms with Gasteiger partial charge in [0.2, 0.25) is 0 Å². The van der Waals surface area contributed by atoms with E-state index in [-0.39, 0.29) is 0 Å². The molecule has 1 heteroatoms. The predicted molar refractivity (Wildman–Crippen MR) is 85.6 cm³/mol. The molecule has 110 valence electrons. The molecule has 0 spiro atoms. The molecule has 1 aromatic rings. The van der Waals surface area contributed by atoms with E-state index in [2.05, 4.69) is 34.6 Å². The van der Waals surface area contributed by atoms with Crippen molar-refractivity contribution in [2.75, 3.05) is 0 Å². The van der Waals surface area contributed by atoms with Gasteiger partial charge in [0, 0.05) is 12.0 Å². The highest BCUT2D eigenvalue weighted by Crippen LogP contribution is 2.31. The number of hydrogen-bond donors (Lipinski definition) is 0. The minimum Gasteiger partial charge on any atom is -0.294 e. The van der Waals surface area contributed by atoms with Gasteiger partial charge < -0.3 is 0 Å². The van der Waals surface area contributed by atoms with Crippen molar-refractivity contribution in [3.63, 3.8) is 0 Å². The summed E-state index contributed by atoms with van der Waals surface area (Å²) in [5.74, 6) is 0.995. The Hall–Kier alpha value is -1.11. The van der Waals surface area contributed by atoms with E-state index in [1.807, 2.05) is 0 Å². The zero-order chi connectivity index (χ0) is 14.9. The van der Waals surface area contributed by atoms with Crippen molar-refractivity contribution in [2.24, 2.45) is 5.92 Å². The summed E-state index contributed by atoms with van der Waals surface area (Å²) in [6, 6.07) is 0. The van der Waals surface area contributed by atoms with Crippen LogP contribution in [-0.4, -0.2) is 5.78 Å². The van der Waals surface area contributed by atoms with Crippen LogP contribution in [0.3, 0.4) is 0 Å². The first kappa shape index (κ1) is 15.3. The molecule has 0 unspecified atom stereocenters. The lowest BCUT2D eigenvalue weighted by Gasteiger charge is -2.23. The van der Waals surface area contributed by atoms with Gasteiger partial charge in [-0.2, -0.15) is 0 Å². The topological polar surface area (TPSA) is 17.1 Å². The van der Waals surface area contributed by atoms with Crippen molar-refractivity contribution in [2.45, 2.75) is 73.1 Å². The van der Waals surface area contributed by atoms with E-state index in [1.54, 1.807) is 0 Å². The van der Waals surface area contributed by atoms with E-state index < -0.39 is 0 Å². The average molecular weight is 272 g/mol. The van der Waals surface area contributed by atoms with E-state index in [0.29, 0.717) is 11.7 Å². The first-order valence-corrected chi connectivity index (χ1v) is 8.03. The maximum atomic E-state index is 12.8. The van der Waals surface area contributed by atoms with Gasteiger partial charge in [-0.3, -0.25) is 4.79 Å². The molecule has 2 rings (SSSR count). The van der Waals surface area contributed by atoms with E-state index in [0.717, 1.165) is 12.0 Å². The van der Waals surface area contributed by atoms with Crippen molar-refractivity contribution in [1.82, 2.24) is 0 Å². The minimum atomic E-state index is 0.373. The highest BCUT2D eigenvalue weighted by atomic mass is 16.1. The third-order valence-electron chi connectivity index (χ3n) is 5.48. The summed E-state index contributed by atoms with van der Waals surface area (Å²) in [5, 5.41) is 0. The van der Waals surface area contributed by atoms with Gasteiger partial charge in [0.05, 0.1) is 0 Å². The van der Waals surface area contributed by atoms with Gasteiger partial charge in [-0.15, -0.1) is 0 Å². The maximum Gasteiger partial charge on any atom is 0.163 e. The Kier molecular flexibility index (Phi) is 4.67. The molecule has 1 saturated carbocycles. The summed E-state index contributed by atoms with van der Waals surface area (Å²) in [6.45, 7) is 10.7. The molecule has 1 aliphatic rings. The number of Topliss-reactive ketones (excluding diaryl/α,β-unsaturated/α-hetero) is 1. The number of carbonyl (C=O) groups is 1. The largest absolute Gasteiger partial charge is 0.294 e. The molecule has 20 heavy (non-hydrogen) atoms. The van der Waals surface area contributed by atoms with Crippen LogP contribution in [0.15, 0.2) is 0 Å². The molecule has 0 saturated heterocycles. The molecular weight excluding hydrogens is 244 g/mol. The second-order valence-electron chi connectivity index (χ2n) is 6.63.